The van der Waals surface area contributed by atoms with E-state index in [1.807, 2.05) is 48.5 Å². The lowest BCUT2D eigenvalue weighted by molar-refractivity contribution is -0.104. The van der Waals surface area contributed by atoms with E-state index >= 15 is 0 Å². The van der Waals surface area contributed by atoms with Crippen LogP contribution in [0.2, 0.25) is 0 Å². The fraction of sp³-hybridized carbons (Fsp3) is 0.0833. The lowest BCUT2D eigenvalue weighted by Gasteiger charge is -2.32. The normalized spacial score (nSPS) is 14.2. The Labute approximate surface area is 184 Å². The van der Waals surface area contributed by atoms with E-state index in [9.17, 15) is 4.79 Å². The van der Waals surface area contributed by atoms with Crippen LogP contribution in [-0.4, -0.2) is 36.0 Å². The average Bonchev–Trinajstić information content (AvgIpc) is 3.20. The number of allylic oxidation sites excluding steroid dienone is 2. The van der Waals surface area contributed by atoms with Gasteiger partial charge in [-0.05, 0) is 30.3 Å². The van der Waals surface area contributed by atoms with Gasteiger partial charge in [-0.2, -0.15) is 0 Å². The molecule has 0 radical (unpaired) electrons. The highest BCUT2D eigenvalue weighted by atomic mass is 16.1. The number of anilines is 2. The highest BCUT2D eigenvalue weighted by molar-refractivity contribution is 5.76. The average molecular weight is 421 g/mol. The van der Waals surface area contributed by atoms with Gasteiger partial charge in [-0.1, -0.05) is 30.4 Å². The maximum absolute atomic E-state index is 11.0. The number of hydrogen-bond acceptors (Lipinski definition) is 7. The molecule has 5 rings (SSSR count). The summed E-state index contributed by atoms with van der Waals surface area (Å²) in [6, 6.07) is 13.6. The van der Waals surface area contributed by atoms with Crippen LogP contribution in [0.3, 0.4) is 0 Å². The molecule has 32 heavy (non-hydrogen) atoms. The Bertz CT molecular complexity index is 1240. The van der Waals surface area contributed by atoms with Crippen molar-refractivity contribution in [2.24, 2.45) is 0 Å². The molecule has 0 atom stereocenters. The highest BCUT2D eigenvalue weighted by Crippen LogP contribution is 2.42. The van der Waals surface area contributed by atoms with E-state index in [0.29, 0.717) is 12.2 Å². The zero-order chi connectivity index (χ0) is 21.8. The monoisotopic (exact) mass is 421 g/mol. The molecule has 156 valence electrons. The SMILES string of the molecule is O=CC=Cn1nc(Nc2ccccc2)c2c1CC(c1ccncn1)(c1ccncn1)C=C2. The van der Waals surface area contributed by atoms with E-state index < -0.39 is 5.41 Å². The molecule has 1 aliphatic rings. The predicted octanol–water partition coefficient (Wildman–Crippen LogP) is 3.43. The third kappa shape index (κ3) is 3.47. The van der Waals surface area contributed by atoms with Gasteiger partial charge in [0.25, 0.3) is 0 Å². The minimum absolute atomic E-state index is 0.541. The number of para-hydroxylation sites is 1. The number of nitrogens with zero attached hydrogens (tertiary/aromatic N) is 6. The number of hydrogen-bond donors (Lipinski definition) is 1. The smallest absolute Gasteiger partial charge is 0.160 e. The minimum Gasteiger partial charge on any atom is -0.338 e. The summed E-state index contributed by atoms with van der Waals surface area (Å²) in [4.78, 5) is 28.3. The lowest BCUT2D eigenvalue weighted by atomic mass is 9.73. The van der Waals surface area contributed by atoms with Crippen LogP contribution in [-0.2, 0) is 16.6 Å². The van der Waals surface area contributed by atoms with Crippen LogP contribution in [0, 0.1) is 0 Å². The van der Waals surface area contributed by atoms with Gasteiger partial charge in [0.15, 0.2) is 5.82 Å². The van der Waals surface area contributed by atoms with Gasteiger partial charge in [0, 0.05) is 36.3 Å². The fourth-order valence-corrected chi connectivity index (χ4v) is 3.96. The van der Waals surface area contributed by atoms with Crippen molar-refractivity contribution in [3.63, 3.8) is 0 Å². The zero-order valence-electron chi connectivity index (χ0n) is 17.0. The molecule has 0 fully saturated rings. The van der Waals surface area contributed by atoms with Gasteiger partial charge in [0.1, 0.15) is 18.9 Å². The largest absolute Gasteiger partial charge is 0.338 e. The first kappa shape index (κ1) is 19.5. The number of fused-ring (bicyclic) bond motifs is 1. The molecule has 3 heterocycles. The Balaban J connectivity index is 1.66. The number of benzene rings is 1. The van der Waals surface area contributed by atoms with Crippen molar-refractivity contribution in [3.05, 3.63) is 102 Å². The third-order valence-electron chi connectivity index (χ3n) is 5.45. The van der Waals surface area contributed by atoms with Gasteiger partial charge in [-0.25, -0.2) is 24.6 Å². The third-order valence-corrected chi connectivity index (χ3v) is 5.45. The summed E-state index contributed by atoms with van der Waals surface area (Å²) in [5.41, 5.74) is 3.81. The molecule has 8 heteroatoms. The van der Waals surface area contributed by atoms with Crippen LogP contribution in [0.25, 0.3) is 12.3 Å². The quantitative estimate of drug-likeness (QED) is 0.376. The molecule has 0 amide bonds. The summed E-state index contributed by atoms with van der Waals surface area (Å²) in [5.74, 6) is 0.706. The molecule has 1 N–H and O–H groups in total. The summed E-state index contributed by atoms with van der Waals surface area (Å²) in [7, 11) is 0. The molecular weight excluding hydrogens is 402 g/mol. The number of nitrogens with one attached hydrogen (secondary N) is 1. The number of carbonyl (C=O) groups excluding carboxylic acids is 1. The van der Waals surface area contributed by atoms with E-state index in [0.717, 1.165) is 34.6 Å². The zero-order valence-corrected chi connectivity index (χ0v) is 17.0. The maximum atomic E-state index is 11.0. The Kier molecular flexibility index (Phi) is 5.09. The Morgan fingerprint density at radius 1 is 0.969 bits per heavy atom. The first-order chi connectivity index (χ1) is 15.8. The van der Waals surface area contributed by atoms with Crippen LogP contribution in [0.15, 0.2) is 79.7 Å². The van der Waals surface area contributed by atoms with Crippen molar-refractivity contribution in [2.45, 2.75) is 11.8 Å². The van der Waals surface area contributed by atoms with Crippen molar-refractivity contribution in [1.82, 2.24) is 29.7 Å². The molecule has 1 aliphatic carbocycles. The fourth-order valence-electron chi connectivity index (χ4n) is 3.96. The topological polar surface area (TPSA) is 98.5 Å². The van der Waals surface area contributed by atoms with Crippen LogP contribution >= 0.6 is 0 Å². The van der Waals surface area contributed by atoms with E-state index in [-0.39, 0.29) is 0 Å². The molecule has 0 bridgehead atoms. The molecule has 0 spiro atoms. The Hall–Kier alpha value is -4.46. The summed E-state index contributed by atoms with van der Waals surface area (Å²) < 4.78 is 1.73. The van der Waals surface area contributed by atoms with Crippen molar-refractivity contribution >= 4 is 30.1 Å². The Morgan fingerprint density at radius 3 is 2.31 bits per heavy atom. The molecule has 0 saturated heterocycles. The van der Waals surface area contributed by atoms with Gasteiger partial charge in [0.2, 0.25) is 0 Å². The van der Waals surface area contributed by atoms with E-state index in [2.05, 4.69) is 31.3 Å². The summed E-state index contributed by atoms with van der Waals surface area (Å²) in [6.45, 7) is 0. The number of rotatable bonds is 6. The van der Waals surface area contributed by atoms with Gasteiger partial charge in [-0.3, -0.25) is 4.79 Å². The summed E-state index contributed by atoms with van der Waals surface area (Å²) in [5, 5.41) is 8.10. The van der Waals surface area contributed by atoms with Crippen LogP contribution in [0.5, 0.6) is 0 Å². The first-order valence-corrected chi connectivity index (χ1v) is 10.1. The van der Waals surface area contributed by atoms with Crippen molar-refractivity contribution in [1.29, 1.82) is 0 Å². The van der Waals surface area contributed by atoms with Crippen molar-refractivity contribution in [3.8, 4) is 0 Å². The van der Waals surface area contributed by atoms with Gasteiger partial charge >= 0.3 is 0 Å². The molecule has 8 nitrogen and oxygen atoms in total. The number of aldehydes is 1. The molecule has 0 unspecified atom stereocenters. The number of carbonyl (C=O) groups is 1. The van der Waals surface area contributed by atoms with Gasteiger partial charge < -0.3 is 5.32 Å². The predicted molar refractivity (Wildman–Crippen MR) is 121 cm³/mol. The highest BCUT2D eigenvalue weighted by Gasteiger charge is 2.40. The molecule has 0 saturated carbocycles. The van der Waals surface area contributed by atoms with E-state index in [1.54, 1.807) is 23.3 Å². The lowest BCUT2D eigenvalue weighted by Crippen LogP contribution is -2.33. The van der Waals surface area contributed by atoms with E-state index in [4.69, 9.17) is 5.10 Å². The second-order valence-corrected chi connectivity index (χ2v) is 7.29. The molecule has 1 aromatic carbocycles. The molecular formula is C24H19N7O. The van der Waals surface area contributed by atoms with Gasteiger partial charge in [-0.15, -0.1) is 5.10 Å². The van der Waals surface area contributed by atoms with Crippen molar-refractivity contribution < 1.29 is 4.79 Å². The maximum Gasteiger partial charge on any atom is 0.160 e. The first-order valence-electron chi connectivity index (χ1n) is 10.1. The van der Waals surface area contributed by atoms with Gasteiger partial charge in [0.05, 0.1) is 22.5 Å². The van der Waals surface area contributed by atoms with Crippen molar-refractivity contribution in [2.75, 3.05) is 5.32 Å². The Morgan fingerprint density at radius 2 is 1.69 bits per heavy atom. The van der Waals surface area contributed by atoms with Crippen LogP contribution in [0.4, 0.5) is 11.5 Å². The molecule has 0 aliphatic heterocycles. The summed E-state index contributed by atoms with van der Waals surface area (Å²) >= 11 is 0. The molecule has 4 aromatic rings. The van der Waals surface area contributed by atoms with Crippen LogP contribution in [0.1, 0.15) is 22.6 Å². The summed E-state index contributed by atoms with van der Waals surface area (Å²) in [6.07, 6.45) is 15.0. The van der Waals surface area contributed by atoms with Crippen LogP contribution < -0.4 is 5.32 Å². The molecule has 3 aromatic heterocycles. The second-order valence-electron chi connectivity index (χ2n) is 7.29. The number of aromatic nitrogens is 6. The van der Waals surface area contributed by atoms with E-state index in [1.165, 1.54) is 18.7 Å². The minimum atomic E-state index is -0.629. The standard InChI is InChI=1S/C24H19N7O/c32-14-4-13-31-20-15-24(21-8-11-25-16-27-21,22-9-12-26-17-28-22)10-7-19(20)23(30-31)29-18-5-2-1-3-6-18/h1-14,16-17H,15H2,(H,29,30). The second kappa shape index (κ2) is 8.35.